The summed E-state index contributed by atoms with van der Waals surface area (Å²) in [6.45, 7) is 0.949. The van der Waals surface area contributed by atoms with E-state index >= 15 is 0 Å². The van der Waals surface area contributed by atoms with Crippen LogP contribution in [0.2, 0.25) is 0 Å². The molecule has 1 amide bonds. The first-order valence-corrected chi connectivity index (χ1v) is 8.91. The standard InChI is InChI=1S/C14H17N3O3S2/c1-17(9-12-3-2-8-21-12)10-14(18)16-11-4-6-13(7-5-11)22(15,19)20/h2-8H,9-10H2,1H3,(H,16,18)(H2,15,19,20). The fourth-order valence-electron chi connectivity index (χ4n) is 1.90. The van der Waals surface area contributed by atoms with Gasteiger partial charge in [0.25, 0.3) is 0 Å². The average molecular weight is 339 g/mol. The molecule has 0 fully saturated rings. The molecule has 0 aliphatic carbocycles. The maximum Gasteiger partial charge on any atom is 0.238 e. The van der Waals surface area contributed by atoms with Crippen molar-refractivity contribution in [2.24, 2.45) is 5.14 Å². The number of hydrogen-bond acceptors (Lipinski definition) is 5. The highest BCUT2D eigenvalue weighted by Gasteiger charge is 2.10. The van der Waals surface area contributed by atoms with E-state index in [0.717, 1.165) is 0 Å². The van der Waals surface area contributed by atoms with Gasteiger partial charge in [0, 0.05) is 17.1 Å². The zero-order valence-electron chi connectivity index (χ0n) is 12.0. The van der Waals surface area contributed by atoms with Gasteiger partial charge in [-0.15, -0.1) is 11.3 Å². The number of nitrogens with one attached hydrogen (secondary N) is 1. The number of primary sulfonamides is 1. The van der Waals surface area contributed by atoms with Crippen LogP contribution < -0.4 is 10.5 Å². The minimum Gasteiger partial charge on any atom is -0.325 e. The molecule has 2 rings (SSSR count). The van der Waals surface area contributed by atoms with Crippen molar-refractivity contribution in [1.29, 1.82) is 0 Å². The summed E-state index contributed by atoms with van der Waals surface area (Å²) in [4.78, 5) is 15.0. The molecule has 0 aliphatic heterocycles. The molecule has 0 aliphatic rings. The smallest absolute Gasteiger partial charge is 0.238 e. The molecule has 3 N–H and O–H groups in total. The molecule has 1 heterocycles. The molecular weight excluding hydrogens is 322 g/mol. The van der Waals surface area contributed by atoms with Gasteiger partial charge in [-0.3, -0.25) is 9.69 Å². The number of nitrogens with zero attached hydrogens (tertiary/aromatic N) is 1. The molecule has 118 valence electrons. The van der Waals surface area contributed by atoms with Gasteiger partial charge in [-0.05, 0) is 42.8 Å². The van der Waals surface area contributed by atoms with Crippen molar-refractivity contribution in [2.45, 2.75) is 11.4 Å². The van der Waals surface area contributed by atoms with Crippen LogP contribution in [-0.2, 0) is 21.4 Å². The van der Waals surface area contributed by atoms with Gasteiger partial charge in [0.1, 0.15) is 0 Å². The Morgan fingerprint density at radius 2 is 1.95 bits per heavy atom. The topological polar surface area (TPSA) is 92.5 Å². The minimum absolute atomic E-state index is 0.0142. The lowest BCUT2D eigenvalue weighted by Gasteiger charge is -2.15. The van der Waals surface area contributed by atoms with Gasteiger partial charge in [-0.25, -0.2) is 13.6 Å². The number of likely N-dealkylation sites (N-methyl/N-ethyl adjacent to an activating group) is 1. The van der Waals surface area contributed by atoms with Crippen molar-refractivity contribution >= 4 is 33.0 Å². The number of thiophene rings is 1. The van der Waals surface area contributed by atoms with Crippen LogP contribution in [0, 0.1) is 0 Å². The Hall–Kier alpha value is -1.74. The molecule has 0 unspecified atom stereocenters. The van der Waals surface area contributed by atoms with Crippen LogP contribution in [0.1, 0.15) is 4.88 Å². The zero-order chi connectivity index (χ0) is 16.2. The van der Waals surface area contributed by atoms with Gasteiger partial charge >= 0.3 is 0 Å². The summed E-state index contributed by atoms with van der Waals surface area (Å²) in [6.07, 6.45) is 0. The summed E-state index contributed by atoms with van der Waals surface area (Å²) in [7, 11) is -1.85. The lowest BCUT2D eigenvalue weighted by Crippen LogP contribution is -2.29. The van der Waals surface area contributed by atoms with Crippen molar-refractivity contribution in [2.75, 3.05) is 18.9 Å². The van der Waals surface area contributed by atoms with Gasteiger partial charge < -0.3 is 5.32 Å². The van der Waals surface area contributed by atoms with Crippen LogP contribution >= 0.6 is 11.3 Å². The Morgan fingerprint density at radius 1 is 1.27 bits per heavy atom. The first-order chi connectivity index (χ1) is 10.3. The van der Waals surface area contributed by atoms with E-state index < -0.39 is 10.0 Å². The van der Waals surface area contributed by atoms with E-state index in [2.05, 4.69) is 5.32 Å². The number of hydrogen-bond donors (Lipinski definition) is 2. The van der Waals surface area contributed by atoms with Crippen LogP contribution in [0.4, 0.5) is 5.69 Å². The van der Waals surface area contributed by atoms with Gasteiger partial charge in [-0.2, -0.15) is 0 Å². The van der Waals surface area contributed by atoms with Crippen LogP contribution in [-0.4, -0.2) is 32.8 Å². The Bertz CT molecular complexity index is 725. The Balaban J connectivity index is 1.89. The predicted octanol–water partition coefficient (Wildman–Crippen LogP) is 1.47. The Morgan fingerprint density at radius 3 is 2.50 bits per heavy atom. The number of amides is 1. The Labute approximate surface area is 133 Å². The summed E-state index contributed by atoms with van der Waals surface area (Å²) >= 11 is 1.64. The summed E-state index contributed by atoms with van der Waals surface area (Å²) in [6, 6.07) is 9.74. The van der Waals surface area contributed by atoms with Crippen LogP contribution in [0.15, 0.2) is 46.7 Å². The van der Waals surface area contributed by atoms with Gasteiger partial charge in [0.2, 0.25) is 15.9 Å². The number of carbonyl (C=O) groups is 1. The fourth-order valence-corrected chi connectivity index (χ4v) is 3.20. The lowest BCUT2D eigenvalue weighted by molar-refractivity contribution is -0.117. The van der Waals surface area contributed by atoms with Crippen LogP contribution in [0.5, 0.6) is 0 Å². The second-order valence-electron chi connectivity index (χ2n) is 4.87. The Kier molecular flexibility index (Phi) is 5.30. The van der Waals surface area contributed by atoms with E-state index in [9.17, 15) is 13.2 Å². The second-order valence-corrected chi connectivity index (χ2v) is 7.46. The van der Waals surface area contributed by atoms with E-state index in [0.29, 0.717) is 12.2 Å². The highest BCUT2D eigenvalue weighted by Crippen LogP contribution is 2.13. The molecule has 22 heavy (non-hydrogen) atoms. The van der Waals surface area contributed by atoms with Crippen molar-refractivity contribution in [1.82, 2.24) is 4.90 Å². The largest absolute Gasteiger partial charge is 0.325 e. The highest BCUT2D eigenvalue weighted by atomic mass is 32.2. The van der Waals surface area contributed by atoms with Crippen molar-refractivity contribution < 1.29 is 13.2 Å². The SMILES string of the molecule is CN(CC(=O)Nc1ccc(S(N)(=O)=O)cc1)Cc1cccs1. The monoisotopic (exact) mass is 339 g/mol. The molecule has 0 atom stereocenters. The zero-order valence-corrected chi connectivity index (χ0v) is 13.7. The third-order valence-electron chi connectivity index (χ3n) is 2.89. The predicted molar refractivity (Wildman–Crippen MR) is 87.1 cm³/mol. The molecule has 0 radical (unpaired) electrons. The van der Waals surface area contributed by atoms with E-state index in [-0.39, 0.29) is 17.3 Å². The van der Waals surface area contributed by atoms with Crippen molar-refractivity contribution in [3.05, 3.63) is 46.7 Å². The van der Waals surface area contributed by atoms with E-state index in [1.54, 1.807) is 11.3 Å². The fraction of sp³-hybridized carbons (Fsp3) is 0.214. The number of benzene rings is 1. The first kappa shape index (κ1) is 16.6. The first-order valence-electron chi connectivity index (χ1n) is 6.48. The number of anilines is 1. The lowest BCUT2D eigenvalue weighted by atomic mass is 10.3. The maximum absolute atomic E-state index is 11.9. The molecule has 8 heteroatoms. The maximum atomic E-state index is 11.9. The summed E-state index contributed by atoms with van der Waals surface area (Å²) < 4.78 is 22.3. The minimum atomic E-state index is -3.72. The summed E-state index contributed by atoms with van der Waals surface area (Å²) in [5.41, 5.74) is 0.530. The second kappa shape index (κ2) is 7.01. The third kappa shape index (κ3) is 4.92. The van der Waals surface area contributed by atoms with Gasteiger partial charge in [0.15, 0.2) is 0 Å². The third-order valence-corrected chi connectivity index (χ3v) is 4.68. The van der Waals surface area contributed by atoms with Gasteiger partial charge in [-0.1, -0.05) is 6.07 Å². The molecule has 0 bridgehead atoms. The molecule has 0 spiro atoms. The quantitative estimate of drug-likeness (QED) is 0.833. The van der Waals surface area contributed by atoms with Crippen molar-refractivity contribution in [3.63, 3.8) is 0 Å². The van der Waals surface area contributed by atoms with Crippen LogP contribution in [0.25, 0.3) is 0 Å². The molecule has 6 nitrogen and oxygen atoms in total. The molecule has 1 aromatic carbocycles. The number of rotatable bonds is 6. The molecule has 0 saturated carbocycles. The molecule has 2 aromatic rings. The van der Waals surface area contributed by atoms with Gasteiger partial charge in [0.05, 0.1) is 11.4 Å². The van der Waals surface area contributed by atoms with Crippen LogP contribution in [0.3, 0.4) is 0 Å². The van der Waals surface area contributed by atoms with E-state index in [1.165, 1.54) is 29.1 Å². The molecule has 1 aromatic heterocycles. The normalized spacial score (nSPS) is 11.6. The number of sulfonamides is 1. The summed E-state index contributed by atoms with van der Waals surface area (Å²) in [5.74, 6) is -0.164. The highest BCUT2D eigenvalue weighted by molar-refractivity contribution is 7.89. The van der Waals surface area contributed by atoms with E-state index in [1.807, 2.05) is 29.5 Å². The van der Waals surface area contributed by atoms with Crippen molar-refractivity contribution in [3.8, 4) is 0 Å². The van der Waals surface area contributed by atoms with E-state index in [4.69, 9.17) is 5.14 Å². The number of nitrogens with two attached hydrogens (primary N) is 1. The number of carbonyl (C=O) groups excluding carboxylic acids is 1. The average Bonchev–Trinajstić information content (AvgIpc) is 2.90. The summed E-state index contributed by atoms with van der Waals surface area (Å²) in [5, 5.41) is 9.73. The molecular formula is C14H17N3O3S2. The molecule has 0 saturated heterocycles.